The van der Waals surface area contributed by atoms with Crippen LogP contribution in [-0.4, -0.2) is 9.97 Å². The van der Waals surface area contributed by atoms with Gasteiger partial charge in [0.05, 0.1) is 11.4 Å². The van der Waals surface area contributed by atoms with Crippen molar-refractivity contribution in [2.45, 2.75) is 38.5 Å². The second kappa shape index (κ2) is 11.9. The molecule has 0 atom stereocenters. The first-order valence-electron chi connectivity index (χ1n) is 19.7. The first-order chi connectivity index (χ1) is 27.3. The molecular formula is C54H40N2. The summed E-state index contributed by atoms with van der Waals surface area (Å²) in [4.78, 5) is 10.6. The summed E-state index contributed by atoms with van der Waals surface area (Å²) in [7, 11) is 0. The maximum Gasteiger partial charge on any atom is 0.160 e. The third-order valence-electron chi connectivity index (χ3n) is 12.6. The third-order valence-corrected chi connectivity index (χ3v) is 12.6. The second-order valence-electron chi connectivity index (χ2n) is 16.6. The lowest BCUT2D eigenvalue weighted by atomic mass is 9.78. The molecule has 9 aromatic rings. The maximum atomic E-state index is 5.31. The fraction of sp³-hybridized carbons (Fsp3) is 0.111. The monoisotopic (exact) mass is 716 g/mol. The zero-order valence-corrected chi connectivity index (χ0v) is 32.1. The van der Waals surface area contributed by atoms with Crippen LogP contribution in [0.1, 0.15) is 49.9 Å². The van der Waals surface area contributed by atoms with E-state index < -0.39 is 0 Å². The van der Waals surface area contributed by atoms with Gasteiger partial charge in [-0.05, 0) is 108 Å². The SMILES string of the molecule is CC1(C)c2cc3ccccc3cc2-c2c(-c3cc(-c4ccc5cc(-c6cccc7c6C(C)(C)c6ccccc6-7)ccc5c4)nc(-c4ccccc4)n3)cccc21. The van der Waals surface area contributed by atoms with E-state index >= 15 is 0 Å². The van der Waals surface area contributed by atoms with Crippen LogP contribution in [0.25, 0.3) is 88.8 Å². The molecule has 2 aliphatic carbocycles. The van der Waals surface area contributed by atoms with Gasteiger partial charge in [-0.25, -0.2) is 9.97 Å². The Kier molecular flexibility index (Phi) is 6.98. The molecule has 0 fully saturated rings. The second-order valence-corrected chi connectivity index (χ2v) is 16.6. The Bertz CT molecular complexity index is 3080. The first kappa shape index (κ1) is 32.8. The van der Waals surface area contributed by atoms with Crippen molar-refractivity contribution in [3.05, 3.63) is 192 Å². The Morgan fingerprint density at radius 1 is 0.339 bits per heavy atom. The van der Waals surface area contributed by atoms with Gasteiger partial charge in [-0.3, -0.25) is 0 Å². The molecule has 8 aromatic carbocycles. The lowest BCUT2D eigenvalue weighted by Crippen LogP contribution is -2.16. The molecule has 266 valence electrons. The number of fused-ring (bicyclic) bond motifs is 8. The molecule has 0 bridgehead atoms. The molecule has 0 aliphatic heterocycles. The van der Waals surface area contributed by atoms with Gasteiger partial charge in [0.2, 0.25) is 0 Å². The van der Waals surface area contributed by atoms with Gasteiger partial charge in [0.1, 0.15) is 0 Å². The van der Waals surface area contributed by atoms with Crippen molar-refractivity contribution in [2.75, 3.05) is 0 Å². The molecule has 0 radical (unpaired) electrons. The average molecular weight is 717 g/mol. The summed E-state index contributed by atoms with van der Waals surface area (Å²) in [5, 5.41) is 4.92. The van der Waals surface area contributed by atoms with Crippen LogP contribution >= 0.6 is 0 Å². The topological polar surface area (TPSA) is 25.8 Å². The van der Waals surface area contributed by atoms with Crippen molar-refractivity contribution in [3.8, 4) is 67.3 Å². The molecule has 2 aliphatic rings. The van der Waals surface area contributed by atoms with E-state index in [0.29, 0.717) is 0 Å². The van der Waals surface area contributed by atoms with Crippen molar-refractivity contribution in [1.82, 2.24) is 9.97 Å². The van der Waals surface area contributed by atoms with E-state index in [9.17, 15) is 0 Å². The number of hydrogen-bond acceptors (Lipinski definition) is 2. The largest absolute Gasteiger partial charge is 0.228 e. The quantitative estimate of drug-likeness (QED) is 0.181. The molecule has 0 N–H and O–H groups in total. The Balaban J connectivity index is 1.05. The molecule has 2 heteroatoms. The highest BCUT2D eigenvalue weighted by atomic mass is 14.9. The highest BCUT2D eigenvalue weighted by molar-refractivity contribution is 5.99. The van der Waals surface area contributed by atoms with Crippen LogP contribution in [-0.2, 0) is 10.8 Å². The van der Waals surface area contributed by atoms with Gasteiger partial charge < -0.3 is 0 Å². The molecule has 0 amide bonds. The average Bonchev–Trinajstić information content (AvgIpc) is 3.62. The zero-order valence-electron chi connectivity index (χ0n) is 32.1. The Morgan fingerprint density at radius 3 is 1.75 bits per heavy atom. The van der Waals surface area contributed by atoms with Crippen LogP contribution < -0.4 is 0 Å². The number of nitrogens with zero attached hydrogens (tertiary/aromatic N) is 2. The summed E-state index contributed by atoms with van der Waals surface area (Å²) in [6, 6.07) is 62.1. The fourth-order valence-electron chi connectivity index (χ4n) is 9.80. The van der Waals surface area contributed by atoms with Gasteiger partial charge in [-0.2, -0.15) is 0 Å². The van der Waals surface area contributed by atoms with Gasteiger partial charge in [-0.1, -0.05) is 167 Å². The van der Waals surface area contributed by atoms with E-state index in [2.05, 4.69) is 191 Å². The van der Waals surface area contributed by atoms with Gasteiger partial charge in [-0.15, -0.1) is 0 Å². The molecule has 2 nitrogen and oxygen atoms in total. The summed E-state index contributed by atoms with van der Waals surface area (Å²) in [5.41, 5.74) is 18.1. The van der Waals surface area contributed by atoms with Crippen LogP contribution in [0, 0.1) is 0 Å². The standard InChI is InChI=1S/C54H40N2/c1-53(2)46-23-13-21-43(50(46)44-30-34-16-8-9-17-35(34)31-47(44)53)49-32-48(55-52(56-49)33-14-6-5-7-15-33)39-27-25-36-28-38(26-24-37(36)29-39)40-19-12-20-42-41-18-10-11-22-45(41)54(3,4)51(40)42/h5-32H,1-4H3. The minimum Gasteiger partial charge on any atom is -0.228 e. The summed E-state index contributed by atoms with van der Waals surface area (Å²) in [5.74, 6) is 0.726. The van der Waals surface area contributed by atoms with Crippen molar-refractivity contribution >= 4 is 21.5 Å². The number of benzene rings is 8. The van der Waals surface area contributed by atoms with Crippen LogP contribution in [0.4, 0.5) is 0 Å². The van der Waals surface area contributed by atoms with E-state index in [0.717, 1.165) is 33.9 Å². The molecule has 1 heterocycles. The van der Waals surface area contributed by atoms with E-state index in [-0.39, 0.29) is 10.8 Å². The molecule has 1 aromatic heterocycles. The zero-order chi connectivity index (χ0) is 37.8. The molecular weight excluding hydrogens is 677 g/mol. The van der Waals surface area contributed by atoms with Crippen LogP contribution in [0.2, 0.25) is 0 Å². The van der Waals surface area contributed by atoms with Crippen molar-refractivity contribution in [2.24, 2.45) is 0 Å². The first-order valence-corrected chi connectivity index (χ1v) is 19.7. The van der Waals surface area contributed by atoms with Crippen molar-refractivity contribution in [1.29, 1.82) is 0 Å². The fourth-order valence-corrected chi connectivity index (χ4v) is 9.80. The Labute approximate surface area is 328 Å². The van der Waals surface area contributed by atoms with Crippen LogP contribution in [0.5, 0.6) is 0 Å². The molecule has 0 saturated heterocycles. The van der Waals surface area contributed by atoms with Crippen LogP contribution in [0.15, 0.2) is 170 Å². The molecule has 56 heavy (non-hydrogen) atoms. The number of hydrogen-bond donors (Lipinski definition) is 0. The number of aromatic nitrogens is 2. The van der Waals surface area contributed by atoms with Gasteiger partial charge in [0.15, 0.2) is 5.82 Å². The van der Waals surface area contributed by atoms with Crippen LogP contribution in [0.3, 0.4) is 0 Å². The summed E-state index contributed by atoms with van der Waals surface area (Å²) in [6.45, 7) is 9.42. The van der Waals surface area contributed by atoms with E-state index in [1.807, 2.05) is 6.07 Å². The van der Waals surface area contributed by atoms with E-state index in [1.54, 1.807) is 0 Å². The summed E-state index contributed by atoms with van der Waals surface area (Å²) < 4.78 is 0. The molecule has 0 unspecified atom stereocenters. The smallest absolute Gasteiger partial charge is 0.160 e. The molecule has 11 rings (SSSR count). The maximum absolute atomic E-state index is 5.31. The Hall–Kier alpha value is -6.64. The predicted octanol–water partition coefficient (Wildman–Crippen LogP) is 14.1. The predicted molar refractivity (Wildman–Crippen MR) is 234 cm³/mol. The van der Waals surface area contributed by atoms with Gasteiger partial charge in [0, 0.05) is 27.5 Å². The minimum absolute atomic E-state index is 0.0764. The van der Waals surface area contributed by atoms with E-state index in [4.69, 9.17) is 9.97 Å². The third kappa shape index (κ3) is 4.82. The van der Waals surface area contributed by atoms with E-state index in [1.165, 1.54) is 77.2 Å². The van der Waals surface area contributed by atoms with Gasteiger partial charge >= 0.3 is 0 Å². The Morgan fingerprint density at radius 2 is 0.929 bits per heavy atom. The van der Waals surface area contributed by atoms with Crippen molar-refractivity contribution in [3.63, 3.8) is 0 Å². The highest BCUT2D eigenvalue weighted by Crippen LogP contribution is 2.54. The lowest BCUT2D eigenvalue weighted by Gasteiger charge is -2.24. The highest BCUT2D eigenvalue weighted by Gasteiger charge is 2.38. The molecule has 0 spiro atoms. The minimum atomic E-state index is -0.139. The normalized spacial score (nSPS) is 14.4. The number of rotatable bonds is 4. The summed E-state index contributed by atoms with van der Waals surface area (Å²) >= 11 is 0. The lowest BCUT2D eigenvalue weighted by molar-refractivity contribution is 0.661. The molecule has 0 saturated carbocycles. The summed E-state index contributed by atoms with van der Waals surface area (Å²) in [6.07, 6.45) is 0. The van der Waals surface area contributed by atoms with Crippen molar-refractivity contribution < 1.29 is 0 Å². The van der Waals surface area contributed by atoms with Gasteiger partial charge in [0.25, 0.3) is 0 Å².